The molecule has 0 bridgehead atoms. The highest BCUT2D eigenvalue weighted by molar-refractivity contribution is 6.35. The summed E-state index contributed by atoms with van der Waals surface area (Å²) in [6.45, 7) is 8.53. The molecule has 42 heavy (non-hydrogen) atoms. The smallest absolute Gasteiger partial charge is 0.274 e. The summed E-state index contributed by atoms with van der Waals surface area (Å²) in [5.41, 5.74) is 5.04. The highest BCUT2D eigenvalue weighted by Gasteiger charge is 2.18. The van der Waals surface area contributed by atoms with E-state index in [4.69, 9.17) is 16.3 Å². The summed E-state index contributed by atoms with van der Waals surface area (Å²) in [5.74, 6) is 0.469. The van der Waals surface area contributed by atoms with E-state index in [1.165, 1.54) is 11.1 Å². The number of hydrogen-bond acceptors (Lipinski definition) is 6. The Bertz CT molecular complexity index is 1690. The summed E-state index contributed by atoms with van der Waals surface area (Å²) in [6, 6.07) is 7.34. The van der Waals surface area contributed by atoms with E-state index in [9.17, 15) is 4.79 Å². The van der Waals surface area contributed by atoms with Crippen LogP contribution in [0, 0.1) is 0 Å². The SMILES string of the molecule is C/C1=C/C=C\C(Cn2ncc3c(NC(=O)c4cnc5cc(OCCN6CCN(C)CC6)ccn45)ccc(Cl)c32)=C/CC1. The summed E-state index contributed by atoms with van der Waals surface area (Å²) in [6.07, 6.45) is 15.8. The Kier molecular flexibility index (Phi) is 8.41. The fourth-order valence-electron chi connectivity index (χ4n) is 5.42. The lowest BCUT2D eigenvalue weighted by molar-refractivity contribution is 0.102. The molecule has 9 nitrogen and oxygen atoms in total. The first-order chi connectivity index (χ1) is 20.4. The Morgan fingerprint density at radius 3 is 2.86 bits per heavy atom. The number of fused-ring (bicyclic) bond motifs is 2. The summed E-state index contributed by atoms with van der Waals surface area (Å²) in [4.78, 5) is 22.6. The van der Waals surface area contributed by atoms with Crippen molar-refractivity contribution in [1.82, 2.24) is 29.0 Å². The van der Waals surface area contributed by atoms with E-state index in [1.807, 2.05) is 29.1 Å². The lowest BCUT2D eigenvalue weighted by Crippen LogP contribution is -2.45. The zero-order chi connectivity index (χ0) is 29.1. The second kappa shape index (κ2) is 12.5. The van der Waals surface area contributed by atoms with Gasteiger partial charge in [0.2, 0.25) is 0 Å². The standard InChI is InChI=1S/C32H36ClN7O2/c1-23-5-3-7-24(8-4-6-23)22-40-31-26(20-35-40)28(10-9-27(31)33)36-32(41)29-21-34-30-19-25(11-12-39(29)30)42-18-17-38-15-13-37(2)14-16-38/h3,5,7-12,19-21H,4,6,13-18,22H2,1-2H3,(H,36,41)/b7-3-,23-5-,24-8+. The van der Waals surface area contributed by atoms with Gasteiger partial charge >= 0.3 is 0 Å². The van der Waals surface area contributed by atoms with Crippen molar-refractivity contribution < 1.29 is 9.53 Å². The van der Waals surface area contributed by atoms with Gasteiger partial charge in [0.1, 0.15) is 23.7 Å². The van der Waals surface area contributed by atoms with Crippen LogP contribution >= 0.6 is 11.6 Å². The van der Waals surface area contributed by atoms with Crippen LogP contribution in [0.15, 0.2) is 78.3 Å². The molecular formula is C32H36ClN7O2. The number of allylic oxidation sites excluding steroid dienone is 6. The predicted molar refractivity (Wildman–Crippen MR) is 168 cm³/mol. The summed E-state index contributed by atoms with van der Waals surface area (Å²) < 4.78 is 9.66. The Morgan fingerprint density at radius 1 is 1.14 bits per heavy atom. The number of ether oxygens (including phenoxy) is 1. The van der Waals surface area contributed by atoms with Gasteiger partial charge in [-0.25, -0.2) is 4.98 Å². The maximum atomic E-state index is 13.4. The summed E-state index contributed by atoms with van der Waals surface area (Å²) in [5, 5.41) is 9.04. The van der Waals surface area contributed by atoms with Crippen LogP contribution in [-0.2, 0) is 6.54 Å². The molecule has 1 fully saturated rings. The Morgan fingerprint density at radius 2 is 2.00 bits per heavy atom. The molecule has 1 N–H and O–H groups in total. The van der Waals surface area contributed by atoms with Crippen LogP contribution in [0.1, 0.15) is 30.3 Å². The number of pyridine rings is 1. The fourth-order valence-corrected chi connectivity index (χ4v) is 5.68. The third-order valence-electron chi connectivity index (χ3n) is 7.96. The summed E-state index contributed by atoms with van der Waals surface area (Å²) >= 11 is 6.63. The van der Waals surface area contributed by atoms with Gasteiger partial charge in [-0.15, -0.1) is 0 Å². The number of aromatic nitrogens is 4. The predicted octanol–water partition coefficient (Wildman–Crippen LogP) is 5.44. The quantitative estimate of drug-likeness (QED) is 0.297. The van der Waals surface area contributed by atoms with Gasteiger partial charge in [-0.05, 0) is 50.6 Å². The van der Waals surface area contributed by atoms with Crippen LogP contribution in [0.5, 0.6) is 5.75 Å². The Labute approximate surface area is 250 Å². The molecule has 1 amide bonds. The Balaban J connectivity index is 1.14. The first-order valence-corrected chi connectivity index (χ1v) is 14.8. The van der Waals surface area contributed by atoms with Gasteiger partial charge in [-0.2, -0.15) is 5.10 Å². The third kappa shape index (κ3) is 6.28. The van der Waals surface area contributed by atoms with Gasteiger partial charge < -0.3 is 15.0 Å². The molecule has 1 aliphatic carbocycles. The second-order valence-electron chi connectivity index (χ2n) is 11.0. The molecule has 4 aromatic rings. The number of amides is 1. The summed E-state index contributed by atoms with van der Waals surface area (Å²) in [7, 11) is 2.15. The van der Waals surface area contributed by atoms with Crippen molar-refractivity contribution in [2.45, 2.75) is 26.3 Å². The van der Waals surface area contributed by atoms with Gasteiger partial charge in [-0.1, -0.05) is 41.5 Å². The van der Waals surface area contributed by atoms with E-state index < -0.39 is 0 Å². The van der Waals surface area contributed by atoms with Crippen LogP contribution in [0.25, 0.3) is 16.6 Å². The number of carbonyl (C=O) groups is 1. The van der Waals surface area contributed by atoms with Gasteiger partial charge in [0.25, 0.3) is 5.91 Å². The molecule has 218 valence electrons. The van der Waals surface area contributed by atoms with Gasteiger partial charge in [0.05, 0.1) is 35.2 Å². The second-order valence-corrected chi connectivity index (χ2v) is 11.4. The van der Waals surface area contributed by atoms with Crippen molar-refractivity contribution in [3.05, 3.63) is 89.0 Å². The van der Waals surface area contributed by atoms with E-state index in [0.717, 1.165) is 62.2 Å². The van der Waals surface area contributed by atoms with Crippen molar-refractivity contribution in [1.29, 1.82) is 0 Å². The minimum atomic E-state index is -0.268. The van der Waals surface area contributed by atoms with E-state index in [1.54, 1.807) is 22.9 Å². The molecular weight excluding hydrogens is 550 g/mol. The highest BCUT2D eigenvalue weighted by atomic mass is 35.5. The molecule has 6 rings (SSSR count). The van der Waals surface area contributed by atoms with Crippen molar-refractivity contribution in [2.75, 3.05) is 51.7 Å². The van der Waals surface area contributed by atoms with Crippen LogP contribution in [0.4, 0.5) is 5.69 Å². The van der Waals surface area contributed by atoms with E-state index in [-0.39, 0.29) is 5.91 Å². The van der Waals surface area contributed by atoms with Gasteiger partial charge in [0, 0.05) is 50.4 Å². The lowest BCUT2D eigenvalue weighted by atomic mass is 10.1. The molecule has 10 heteroatoms. The number of anilines is 1. The molecule has 0 unspecified atom stereocenters. The number of nitrogens with one attached hydrogen (secondary N) is 1. The maximum Gasteiger partial charge on any atom is 0.274 e. The van der Waals surface area contributed by atoms with Crippen molar-refractivity contribution >= 4 is 39.7 Å². The largest absolute Gasteiger partial charge is 0.492 e. The number of imidazole rings is 1. The lowest BCUT2D eigenvalue weighted by Gasteiger charge is -2.32. The first kappa shape index (κ1) is 28.2. The molecule has 4 heterocycles. The number of halogens is 1. The number of nitrogens with zero attached hydrogens (tertiary/aromatic N) is 6. The first-order valence-electron chi connectivity index (χ1n) is 14.4. The van der Waals surface area contributed by atoms with Crippen molar-refractivity contribution in [3.63, 3.8) is 0 Å². The molecule has 0 saturated carbocycles. The van der Waals surface area contributed by atoms with Gasteiger partial charge in [0.15, 0.2) is 0 Å². The zero-order valence-electron chi connectivity index (χ0n) is 24.1. The molecule has 3 aromatic heterocycles. The molecule has 0 radical (unpaired) electrons. The van der Waals surface area contributed by atoms with Crippen LogP contribution in [0.3, 0.4) is 0 Å². The number of rotatable bonds is 8. The third-order valence-corrected chi connectivity index (χ3v) is 8.26. The molecule has 2 aliphatic rings. The average molecular weight is 586 g/mol. The molecule has 0 spiro atoms. The van der Waals surface area contributed by atoms with E-state index in [2.05, 4.69) is 63.5 Å². The highest BCUT2D eigenvalue weighted by Crippen LogP contribution is 2.31. The maximum absolute atomic E-state index is 13.4. The minimum Gasteiger partial charge on any atom is -0.492 e. The van der Waals surface area contributed by atoms with Crippen LogP contribution in [-0.4, -0.2) is 81.3 Å². The molecule has 1 saturated heterocycles. The van der Waals surface area contributed by atoms with E-state index >= 15 is 0 Å². The Hall–Kier alpha value is -3.92. The number of benzene rings is 1. The minimum absolute atomic E-state index is 0.268. The fraction of sp³-hybridized carbons (Fsp3) is 0.344. The number of piperazine rings is 1. The van der Waals surface area contributed by atoms with Crippen molar-refractivity contribution in [3.8, 4) is 5.75 Å². The van der Waals surface area contributed by atoms with E-state index in [0.29, 0.717) is 35.2 Å². The van der Waals surface area contributed by atoms with Crippen molar-refractivity contribution in [2.24, 2.45) is 0 Å². The number of hydrogen-bond donors (Lipinski definition) is 1. The van der Waals surface area contributed by atoms with Gasteiger partial charge in [-0.3, -0.25) is 18.8 Å². The van der Waals surface area contributed by atoms with Crippen LogP contribution in [0.2, 0.25) is 5.02 Å². The monoisotopic (exact) mass is 585 g/mol. The topological polar surface area (TPSA) is 79.9 Å². The number of likely N-dealkylation sites (N-methyl/N-ethyl adjacent to an activating group) is 1. The average Bonchev–Trinajstić information content (AvgIpc) is 3.59. The molecule has 1 aliphatic heterocycles. The normalized spacial score (nSPS) is 20.0. The molecule has 1 aromatic carbocycles. The zero-order valence-corrected chi connectivity index (χ0v) is 24.8. The van der Waals surface area contributed by atoms with Crippen LogP contribution < -0.4 is 10.1 Å². The number of carbonyl (C=O) groups excluding carboxylic acids is 1. The molecule has 0 atom stereocenters.